The summed E-state index contributed by atoms with van der Waals surface area (Å²) in [7, 11) is 4.34. The van der Waals surface area contributed by atoms with Crippen LogP contribution in [0.4, 0.5) is 0 Å². The fourth-order valence-electron chi connectivity index (χ4n) is 5.18. The number of rotatable bonds is 4. The molecule has 1 spiro atoms. The van der Waals surface area contributed by atoms with Crippen LogP contribution in [0.5, 0.6) is 17.2 Å². The maximum absolute atomic E-state index is 14.1. The minimum absolute atomic E-state index is 0.0109. The number of fused-ring (bicyclic) bond motifs is 3. The standard InChI is InChI=1S/C27H26ClN3O7/c1-12(2)7-8-31-25(34)15-10-14-16(29-24(15)30(4)26(31)35)9-13(3)27(22(14)32)23(33)19-17(36-5)11-18(37-6)20(28)21(19)38-27/h7,10-11,13H,8-9H2,1-6H3/t13-,27+/m1/s1. The van der Waals surface area contributed by atoms with Crippen molar-refractivity contribution in [3.63, 3.8) is 0 Å². The van der Waals surface area contributed by atoms with Gasteiger partial charge in [0.05, 0.1) is 25.3 Å². The second-order valence-corrected chi connectivity index (χ2v) is 10.2. The number of ether oxygens (including phenoxy) is 3. The van der Waals surface area contributed by atoms with E-state index in [0.717, 1.165) is 10.1 Å². The number of nitrogens with zero attached hydrogens (tertiary/aromatic N) is 3. The lowest BCUT2D eigenvalue weighted by Gasteiger charge is -2.36. The second-order valence-electron chi connectivity index (χ2n) is 9.79. The van der Waals surface area contributed by atoms with E-state index >= 15 is 0 Å². The van der Waals surface area contributed by atoms with Crippen LogP contribution in [0.25, 0.3) is 11.0 Å². The molecule has 0 radical (unpaired) electrons. The number of carbonyl (C=O) groups is 2. The van der Waals surface area contributed by atoms with E-state index < -0.39 is 34.3 Å². The number of benzene rings is 1. The summed E-state index contributed by atoms with van der Waals surface area (Å²) >= 11 is 6.48. The molecule has 5 rings (SSSR count). The highest BCUT2D eigenvalue weighted by Crippen LogP contribution is 2.53. The molecule has 2 aliphatic rings. The maximum atomic E-state index is 14.1. The highest BCUT2D eigenvalue weighted by Gasteiger charge is 2.62. The molecule has 2 aromatic heterocycles. The molecule has 0 bridgehead atoms. The molecule has 1 aromatic carbocycles. The van der Waals surface area contributed by atoms with Crippen LogP contribution in [-0.2, 0) is 20.0 Å². The van der Waals surface area contributed by atoms with Gasteiger partial charge in [0.1, 0.15) is 27.7 Å². The zero-order chi connectivity index (χ0) is 27.7. The zero-order valence-corrected chi connectivity index (χ0v) is 22.6. The van der Waals surface area contributed by atoms with Gasteiger partial charge in [0.2, 0.25) is 17.2 Å². The summed E-state index contributed by atoms with van der Waals surface area (Å²) < 4.78 is 19.2. The van der Waals surface area contributed by atoms with Crippen molar-refractivity contribution < 1.29 is 23.8 Å². The lowest BCUT2D eigenvalue weighted by atomic mass is 9.71. The van der Waals surface area contributed by atoms with Crippen LogP contribution in [0.15, 0.2) is 33.4 Å². The van der Waals surface area contributed by atoms with Crippen LogP contribution in [0, 0.1) is 5.92 Å². The number of hydrogen-bond acceptors (Lipinski definition) is 8. The normalized spacial score (nSPS) is 19.8. The number of Topliss-reactive ketones (excluding diaryl/α,β-unsaturated/α-hetero) is 2. The number of carbonyl (C=O) groups excluding carboxylic acids is 2. The Morgan fingerprint density at radius 1 is 1.16 bits per heavy atom. The third-order valence-corrected chi connectivity index (χ3v) is 7.63. The van der Waals surface area contributed by atoms with Gasteiger partial charge in [0.25, 0.3) is 5.56 Å². The van der Waals surface area contributed by atoms with Gasteiger partial charge in [-0.05, 0) is 26.3 Å². The van der Waals surface area contributed by atoms with Crippen molar-refractivity contribution in [1.82, 2.24) is 14.1 Å². The molecule has 3 heterocycles. The van der Waals surface area contributed by atoms with E-state index in [1.807, 2.05) is 13.8 Å². The third kappa shape index (κ3) is 3.36. The molecule has 1 aliphatic heterocycles. The van der Waals surface area contributed by atoms with Crippen molar-refractivity contribution in [2.24, 2.45) is 13.0 Å². The van der Waals surface area contributed by atoms with E-state index in [0.29, 0.717) is 5.69 Å². The predicted octanol–water partition coefficient (Wildman–Crippen LogP) is 3.12. The maximum Gasteiger partial charge on any atom is 0.332 e. The monoisotopic (exact) mass is 539 g/mol. The lowest BCUT2D eigenvalue weighted by molar-refractivity contribution is 0.0257. The van der Waals surface area contributed by atoms with Gasteiger partial charge in [-0.3, -0.25) is 23.5 Å². The summed E-state index contributed by atoms with van der Waals surface area (Å²) in [6.07, 6.45) is 1.94. The SMILES string of the molecule is COc1cc(OC)c2c(c1Cl)O[C@@]1(C(=O)c3cc4c(=O)n(CC=C(C)C)c(=O)n(C)c4nc3C[C@H]1C)C2=O. The Kier molecular flexibility index (Phi) is 5.98. The average Bonchev–Trinajstić information content (AvgIpc) is 3.20. The van der Waals surface area contributed by atoms with E-state index in [9.17, 15) is 19.2 Å². The van der Waals surface area contributed by atoms with Crippen molar-refractivity contribution in [3.05, 3.63) is 66.5 Å². The van der Waals surface area contributed by atoms with Crippen LogP contribution in [0.1, 0.15) is 47.2 Å². The number of ketones is 2. The number of aryl methyl sites for hydroxylation is 1. The minimum atomic E-state index is -1.92. The molecule has 0 N–H and O–H groups in total. The fraction of sp³-hybridized carbons (Fsp3) is 0.370. The summed E-state index contributed by atoms with van der Waals surface area (Å²) in [6.45, 7) is 5.51. The third-order valence-electron chi connectivity index (χ3n) is 7.27. The van der Waals surface area contributed by atoms with E-state index in [1.165, 1.54) is 38.0 Å². The number of pyridine rings is 1. The number of halogens is 1. The first-order chi connectivity index (χ1) is 18.0. The molecule has 10 nitrogen and oxygen atoms in total. The molecule has 0 amide bonds. The second kappa shape index (κ2) is 8.83. The minimum Gasteiger partial charge on any atom is -0.496 e. The topological polar surface area (TPSA) is 119 Å². The molecule has 0 saturated carbocycles. The first kappa shape index (κ1) is 25.7. The van der Waals surface area contributed by atoms with Gasteiger partial charge in [-0.1, -0.05) is 30.2 Å². The van der Waals surface area contributed by atoms with Gasteiger partial charge < -0.3 is 14.2 Å². The first-order valence-corrected chi connectivity index (χ1v) is 12.4. The number of hydrogen-bond donors (Lipinski definition) is 0. The van der Waals surface area contributed by atoms with E-state index in [4.69, 9.17) is 25.8 Å². The van der Waals surface area contributed by atoms with E-state index in [2.05, 4.69) is 4.98 Å². The number of aromatic nitrogens is 3. The molecule has 11 heteroatoms. The Balaban J connectivity index is 1.72. The van der Waals surface area contributed by atoms with E-state index in [1.54, 1.807) is 13.0 Å². The van der Waals surface area contributed by atoms with Crippen molar-refractivity contribution in [3.8, 4) is 17.2 Å². The summed E-state index contributed by atoms with van der Waals surface area (Å²) in [5.74, 6) is -1.45. The molecular formula is C27H26ClN3O7. The van der Waals surface area contributed by atoms with Gasteiger partial charge in [0.15, 0.2) is 5.75 Å². The Labute approximate surface area is 222 Å². The quantitative estimate of drug-likeness (QED) is 0.366. The molecule has 0 unspecified atom stereocenters. The van der Waals surface area contributed by atoms with Crippen LogP contribution in [0.3, 0.4) is 0 Å². The van der Waals surface area contributed by atoms with E-state index in [-0.39, 0.29) is 57.4 Å². The van der Waals surface area contributed by atoms with Gasteiger partial charge in [-0.25, -0.2) is 9.78 Å². The average molecular weight is 540 g/mol. The van der Waals surface area contributed by atoms with Crippen LogP contribution >= 0.6 is 11.6 Å². The Morgan fingerprint density at radius 3 is 2.47 bits per heavy atom. The van der Waals surface area contributed by atoms with Crippen LogP contribution < -0.4 is 25.5 Å². The summed E-state index contributed by atoms with van der Waals surface area (Å²) in [6, 6.07) is 2.88. The smallest absolute Gasteiger partial charge is 0.332 e. The first-order valence-electron chi connectivity index (χ1n) is 12.0. The van der Waals surface area contributed by atoms with Gasteiger partial charge in [-0.2, -0.15) is 0 Å². The fourth-order valence-corrected chi connectivity index (χ4v) is 5.44. The summed E-state index contributed by atoms with van der Waals surface area (Å²) in [5.41, 5.74) is -1.39. The molecular weight excluding hydrogens is 514 g/mol. The van der Waals surface area contributed by atoms with Crippen molar-refractivity contribution >= 4 is 34.2 Å². The van der Waals surface area contributed by atoms with Crippen molar-refractivity contribution in [2.75, 3.05) is 14.2 Å². The molecule has 0 saturated heterocycles. The van der Waals surface area contributed by atoms with Gasteiger partial charge in [-0.15, -0.1) is 0 Å². The Hall–Kier alpha value is -3.92. The largest absolute Gasteiger partial charge is 0.496 e. The van der Waals surface area contributed by atoms with Crippen LogP contribution in [-0.4, -0.2) is 45.5 Å². The molecule has 198 valence electrons. The molecule has 0 fully saturated rings. The Bertz CT molecular complexity index is 1710. The van der Waals surface area contributed by atoms with Gasteiger partial charge in [0, 0.05) is 31.1 Å². The molecule has 1 aliphatic carbocycles. The highest BCUT2D eigenvalue weighted by molar-refractivity contribution is 6.36. The lowest BCUT2D eigenvalue weighted by Crippen LogP contribution is -2.57. The summed E-state index contributed by atoms with van der Waals surface area (Å²) in [5, 5.41) is 0.138. The van der Waals surface area contributed by atoms with Crippen LogP contribution in [0.2, 0.25) is 5.02 Å². The number of allylic oxidation sites excluding steroid dienone is 2. The molecule has 38 heavy (non-hydrogen) atoms. The predicted molar refractivity (Wildman–Crippen MR) is 140 cm³/mol. The number of methoxy groups -OCH3 is 2. The van der Waals surface area contributed by atoms with Gasteiger partial charge >= 0.3 is 5.69 Å². The van der Waals surface area contributed by atoms with Crippen molar-refractivity contribution in [2.45, 2.75) is 39.3 Å². The van der Waals surface area contributed by atoms with Crippen molar-refractivity contribution in [1.29, 1.82) is 0 Å². The zero-order valence-electron chi connectivity index (χ0n) is 21.8. The Morgan fingerprint density at radius 2 is 1.84 bits per heavy atom. The molecule has 3 aromatic rings. The molecule has 2 atom stereocenters. The highest BCUT2D eigenvalue weighted by atomic mass is 35.5. The summed E-state index contributed by atoms with van der Waals surface area (Å²) in [4.78, 5) is 58.8.